The van der Waals surface area contributed by atoms with Crippen LogP contribution in [0.5, 0.6) is 0 Å². The lowest BCUT2D eigenvalue weighted by atomic mass is 9.94. The predicted molar refractivity (Wildman–Crippen MR) is 73.1 cm³/mol. The van der Waals surface area contributed by atoms with Gasteiger partial charge in [0.25, 0.3) is 5.82 Å². The first-order valence-electron chi connectivity index (χ1n) is 6.67. The van der Waals surface area contributed by atoms with Crippen LogP contribution in [0.1, 0.15) is 18.5 Å². The first-order valence-corrected chi connectivity index (χ1v) is 6.67. The highest BCUT2D eigenvalue weighted by Gasteiger charge is 2.56. The first-order chi connectivity index (χ1) is 9.32. The van der Waals surface area contributed by atoms with Crippen molar-refractivity contribution in [1.82, 2.24) is 15.3 Å². The lowest BCUT2D eigenvalue weighted by Gasteiger charge is -2.22. The van der Waals surface area contributed by atoms with E-state index in [1.165, 1.54) is 18.5 Å². The van der Waals surface area contributed by atoms with Gasteiger partial charge in [-0.1, -0.05) is 6.57 Å². The fraction of sp³-hybridized carbons (Fsp3) is 0.400. The van der Waals surface area contributed by atoms with E-state index < -0.39 is 0 Å². The van der Waals surface area contributed by atoms with Gasteiger partial charge in [0.15, 0.2) is 0 Å². The third kappa shape index (κ3) is 1.55. The quantitative estimate of drug-likeness (QED) is 0.790. The molecule has 2 fully saturated rings. The molecule has 3 heterocycles. The van der Waals surface area contributed by atoms with Crippen molar-refractivity contribution >= 4 is 16.7 Å². The van der Waals surface area contributed by atoms with E-state index in [4.69, 9.17) is 11.6 Å². The summed E-state index contributed by atoms with van der Waals surface area (Å²) in [5.74, 6) is 1.21. The molecule has 0 spiro atoms. The minimum Gasteiger partial charge on any atom is -0.361 e. The molecule has 19 heavy (non-hydrogen) atoms. The Hall–Kier alpha value is -1.99. The molecule has 2 aromatic heterocycles. The average molecular weight is 250 g/mol. The molecule has 0 bridgehead atoms. The summed E-state index contributed by atoms with van der Waals surface area (Å²) in [6, 6.07) is 6.00. The molecule has 0 amide bonds. The van der Waals surface area contributed by atoms with Crippen molar-refractivity contribution in [1.29, 1.82) is 0 Å². The molecule has 1 saturated heterocycles. The van der Waals surface area contributed by atoms with E-state index in [1.807, 2.05) is 0 Å². The van der Waals surface area contributed by atoms with E-state index in [0.717, 1.165) is 29.9 Å². The molecule has 1 N–H and O–H groups in total. The van der Waals surface area contributed by atoms with Crippen LogP contribution in [0.25, 0.3) is 15.7 Å². The van der Waals surface area contributed by atoms with Crippen molar-refractivity contribution in [3.8, 4) is 0 Å². The summed E-state index contributed by atoms with van der Waals surface area (Å²) in [4.78, 5) is 12.3. The molecular weight excluding hydrogens is 236 g/mol. The van der Waals surface area contributed by atoms with Crippen molar-refractivity contribution < 1.29 is 0 Å². The van der Waals surface area contributed by atoms with Gasteiger partial charge < -0.3 is 10.2 Å². The molecule has 2 atom stereocenters. The molecule has 4 heteroatoms. The number of nitrogens with zero attached hydrogens (tertiary/aromatic N) is 3. The molecule has 0 radical (unpaired) electrons. The van der Waals surface area contributed by atoms with E-state index in [0.29, 0.717) is 5.82 Å². The van der Waals surface area contributed by atoms with E-state index in [1.54, 1.807) is 12.3 Å². The summed E-state index contributed by atoms with van der Waals surface area (Å²) in [6.07, 6.45) is 4.24. The normalized spacial score (nSPS) is 28.7. The minimum atomic E-state index is 0.258. The van der Waals surface area contributed by atoms with Gasteiger partial charge in [-0.2, -0.15) is 0 Å². The Labute approximate surface area is 111 Å². The largest absolute Gasteiger partial charge is 0.361 e. The maximum atomic E-state index is 7.04. The molecule has 2 aliphatic rings. The highest BCUT2D eigenvalue weighted by Crippen LogP contribution is 2.56. The second-order valence-corrected chi connectivity index (χ2v) is 5.57. The monoisotopic (exact) mass is 250 g/mol. The van der Waals surface area contributed by atoms with E-state index >= 15 is 0 Å². The van der Waals surface area contributed by atoms with Gasteiger partial charge in [-0.3, -0.25) is 4.98 Å². The topological polar surface area (TPSA) is 42.2 Å². The van der Waals surface area contributed by atoms with Crippen molar-refractivity contribution in [2.24, 2.45) is 5.92 Å². The SMILES string of the molecule is [C-]#[N+]c1cc2nc(C34CNCCC3C4)ccc2cn1. The molecule has 1 aliphatic heterocycles. The molecule has 4 rings (SSSR count). The second kappa shape index (κ2) is 3.75. The number of fused-ring (bicyclic) bond motifs is 2. The zero-order chi connectivity index (χ0) is 12.9. The van der Waals surface area contributed by atoms with Crippen LogP contribution in [0.3, 0.4) is 0 Å². The van der Waals surface area contributed by atoms with E-state index in [2.05, 4.69) is 27.3 Å². The van der Waals surface area contributed by atoms with Crippen LogP contribution in [-0.4, -0.2) is 23.1 Å². The molecule has 1 saturated carbocycles. The van der Waals surface area contributed by atoms with Crippen molar-refractivity contribution in [3.63, 3.8) is 0 Å². The highest BCUT2D eigenvalue weighted by atomic mass is 15.0. The summed E-state index contributed by atoms with van der Waals surface area (Å²) in [6.45, 7) is 9.21. The third-order valence-corrected chi connectivity index (χ3v) is 4.53. The molecule has 0 aromatic carbocycles. The van der Waals surface area contributed by atoms with Gasteiger partial charge in [-0.25, -0.2) is 0 Å². The Morgan fingerprint density at radius 1 is 1.42 bits per heavy atom. The third-order valence-electron chi connectivity index (χ3n) is 4.53. The highest BCUT2D eigenvalue weighted by molar-refractivity contribution is 5.80. The average Bonchev–Trinajstić information content (AvgIpc) is 3.22. The Bertz CT molecular complexity index is 703. The van der Waals surface area contributed by atoms with Crippen LogP contribution in [0.4, 0.5) is 5.82 Å². The molecule has 1 aliphatic carbocycles. The zero-order valence-electron chi connectivity index (χ0n) is 10.6. The summed E-state index contributed by atoms with van der Waals surface area (Å²) in [7, 11) is 0. The molecule has 2 unspecified atom stereocenters. The maximum absolute atomic E-state index is 7.04. The molecule has 4 nitrogen and oxygen atoms in total. The van der Waals surface area contributed by atoms with Crippen molar-refractivity contribution in [2.45, 2.75) is 18.3 Å². The summed E-state index contributed by atoms with van der Waals surface area (Å²) >= 11 is 0. The number of piperidine rings is 1. The minimum absolute atomic E-state index is 0.258. The van der Waals surface area contributed by atoms with Crippen LogP contribution in [0, 0.1) is 12.5 Å². The summed E-state index contributed by atoms with van der Waals surface area (Å²) < 4.78 is 0. The molecule has 94 valence electrons. The Kier molecular flexibility index (Phi) is 2.15. The number of aromatic nitrogens is 2. The lowest BCUT2D eigenvalue weighted by Crippen LogP contribution is -2.34. The summed E-state index contributed by atoms with van der Waals surface area (Å²) in [5, 5.41) is 4.49. The van der Waals surface area contributed by atoms with Gasteiger partial charge in [0.1, 0.15) is 6.20 Å². The Morgan fingerprint density at radius 2 is 2.37 bits per heavy atom. The number of hydrogen-bond donors (Lipinski definition) is 1. The predicted octanol–water partition coefficient (Wildman–Crippen LogP) is 2.43. The van der Waals surface area contributed by atoms with Crippen molar-refractivity contribution in [2.75, 3.05) is 13.1 Å². The van der Waals surface area contributed by atoms with Gasteiger partial charge in [-0.05, 0) is 43.5 Å². The molecular formula is C15H14N4. The molecule has 2 aromatic rings. The van der Waals surface area contributed by atoms with Gasteiger partial charge in [0, 0.05) is 23.0 Å². The van der Waals surface area contributed by atoms with E-state index in [-0.39, 0.29) is 5.41 Å². The number of pyridine rings is 2. The fourth-order valence-electron chi connectivity index (χ4n) is 3.31. The van der Waals surface area contributed by atoms with Crippen LogP contribution in [0.15, 0.2) is 24.4 Å². The number of nitrogens with one attached hydrogen (secondary N) is 1. The van der Waals surface area contributed by atoms with Gasteiger partial charge in [0.05, 0.1) is 5.52 Å². The fourth-order valence-corrected chi connectivity index (χ4v) is 3.31. The smallest absolute Gasteiger partial charge is 0.271 e. The second-order valence-electron chi connectivity index (χ2n) is 5.57. The number of hydrogen-bond acceptors (Lipinski definition) is 3. The first kappa shape index (κ1) is 10.9. The van der Waals surface area contributed by atoms with E-state index in [9.17, 15) is 0 Å². The van der Waals surface area contributed by atoms with Crippen LogP contribution in [-0.2, 0) is 5.41 Å². The Balaban J connectivity index is 1.82. The Morgan fingerprint density at radius 3 is 3.21 bits per heavy atom. The lowest BCUT2D eigenvalue weighted by molar-refractivity contribution is 0.440. The number of rotatable bonds is 1. The van der Waals surface area contributed by atoms with Crippen molar-refractivity contribution in [3.05, 3.63) is 41.5 Å². The van der Waals surface area contributed by atoms with Gasteiger partial charge >= 0.3 is 0 Å². The van der Waals surface area contributed by atoms with Crippen LogP contribution < -0.4 is 5.32 Å². The maximum Gasteiger partial charge on any atom is 0.271 e. The van der Waals surface area contributed by atoms with Crippen LogP contribution in [0.2, 0.25) is 0 Å². The van der Waals surface area contributed by atoms with Gasteiger partial charge in [-0.15, -0.1) is 4.98 Å². The van der Waals surface area contributed by atoms with Crippen LogP contribution >= 0.6 is 0 Å². The summed E-state index contributed by atoms with van der Waals surface area (Å²) in [5.41, 5.74) is 2.33. The van der Waals surface area contributed by atoms with Gasteiger partial charge in [0.2, 0.25) is 0 Å². The standard InChI is InChI=1S/C15H14N4/c1-16-14-6-12-10(8-18-14)2-3-13(19-12)15-7-11(15)4-5-17-9-15/h2-3,6,8,11,17H,4-5,7,9H2. The zero-order valence-corrected chi connectivity index (χ0v) is 10.6.